The number of rotatable bonds is 7. The van der Waals surface area contributed by atoms with Gasteiger partial charge in [0.25, 0.3) is 0 Å². The minimum Gasteiger partial charge on any atom is -0.468 e. The Balaban J connectivity index is 2.09. The van der Waals surface area contributed by atoms with Crippen LogP contribution in [-0.2, 0) is 14.3 Å². The number of carbonyl (C=O) groups is 1. The summed E-state index contributed by atoms with van der Waals surface area (Å²) in [6, 6.07) is 9.89. The highest BCUT2D eigenvalue weighted by Crippen LogP contribution is 2.29. The van der Waals surface area contributed by atoms with Gasteiger partial charge in [0.05, 0.1) is 13.2 Å². The lowest BCUT2D eigenvalue weighted by Gasteiger charge is -2.33. The van der Waals surface area contributed by atoms with E-state index in [9.17, 15) is 4.79 Å². The van der Waals surface area contributed by atoms with Crippen LogP contribution in [0.5, 0.6) is 0 Å². The van der Waals surface area contributed by atoms with Gasteiger partial charge < -0.3 is 9.47 Å². The minimum absolute atomic E-state index is 0.0217. The molecule has 0 heterocycles. The maximum Gasteiger partial charge on any atom is 0.323 e. The third kappa shape index (κ3) is 4.79. The molecule has 23 heavy (non-hydrogen) atoms. The van der Waals surface area contributed by atoms with Crippen LogP contribution in [0.3, 0.4) is 0 Å². The highest BCUT2D eigenvalue weighted by Gasteiger charge is 2.33. The van der Waals surface area contributed by atoms with Crippen LogP contribution in [0.25, 0.3) is 0 Å². The summed E-state index contributed by atoms with van der Waals surface area (Å²) in [5, 5.41) is 3.49. The van der Waals surface area contributed by atoms with Gasteiger partial charge in [0.15, 0.2) is 0 Å². The zero-order valence-corrected chi connectivity index (χ0v) is 14.5. The first-order valence-corrected chi connectivity index (χ1v) is 8.59. The van der Waals surface area contributed by atoms with Crippen LogP contribution in [0, 0.1) is 5.92 Å². The highest BCUT2D eigenvalue weighted by molar-refractivity contribution is 5.76. The molecule has 0 unspecified atom stereocenters. The van der Waals surface area contributed by atoms with Gasteiger partial charge in [-0.15, -0.1) is 0 Å². The molecule has 1 aliphatic carbocycles. The average molecular weight is 319 g/mol. The van der Waals surface area contributed by atoms with Gasteiger partial charge in [-0.25, -0.2) is 0 Å². The van der Waals surface area contributed by atoms with Gasteiger partial charge in [0.1, 0.15) is 6.04 Å². The van der Waals surface area contributed by atoms with Gasteiger partial charge in [-0.3, -0.25) is 10.1 Å². The lowest BCUT2D eigenvalue weighted by Crippen LogP contribution is -2.50. The van der Waals surface area contributed by atoms with E-state index < -0.39 is 0 Å². The van der Waals surface area contributed by atoms with Crippen molar-refractivity contribution in [3.63, 3.8) is 0 Å². The lowest BCUT2D eigenvalue weighted by molar-refractivity contribution is -0.145. The van der Waals surface area contributed by atoms with Crippen molar-refractivity contribution < 1.29 is 14.3 Å². The Kier molecular flexibility index (Phi) is 7.06. The summed E-state index contributed by atoms with van der Waals surface area (Å²) in [6.45, 7) is 2.07. The first-order valence-electron chi connectivity index (χ1n) is 8.59. The van der Waals surface area contributed by atoms with Crippen LogP contribution in [-0.4, -0.2) is 32.3 Å². The summed E-state index contributed by atoms with van der Waals surface area (Å²) < 4.78 is 10.7. The van der Waals surface area contributed by atoms with Crippen LogP contribution in [0.1, 0.15) is 50.7 Å². The SMILES string of the molecule is COC(=O)[C@H](N[C@H](C)[C@@H](OC)c1ccccc1)C1CCCCC1. The van der Waals surface area contributed by atoms with Gasteiger partial charge >= 0.3 is 5.97 Å². The number of hydrogen-bond acceptors (Lipinski definition) is 4. The maximum atomic E-state index is 12.3. The van der Waals surface area contributed by atoms with E-state index in [1.54, 1.807) is 7.11 Å². The van der Waals surface area contributed by atoms with E-state index in [2.05, 4.69) is 24.4 Å². The van der Waals surface area contributed by atoms with Gasteiger partial charge in [-0.1, -0.05) is 49.6 Å². The average Bonchev–Trinajstić information content (AvgIpc) is 2.61. The number of esters is 1. The van der Waals surface area contributed by atoms with E-state index in [4.69, 9.17) is 9.47 Å². The molecule has 128 valence electrons. The molecule has 1 aliphatic rings. The van der Waals surface area contributed by atoms with Gasteiger partial charge in [-0.2, -0.15) is 0 Å². The van der Waals surface area contributed by atoms with Gasteiger partial charge in [-0.05, 0) is 31.2 Å². The van der Waals surface area contributed by atoms with Crippen molar-refractivity contribution in [3.8, 4) is 0 Å². The van der Waals surface area contributed by atoms with Crippen molar-refractivity contribution in [3.05, 3.63) is 35.9 Å². The molecule has 1 N–H and O–H groups in total. The molecule has 0 amide bonds. The third-order valence-corrected chi connectivity index (χ3v) is 4.85. The number of hydrogen-bond donors (Lipinski definition) is 1. The number of methoxy groups -OCH3 is 2. The van der Waals surface area contributed by atoms with Gasteiger partial charge in [0.2, 0.25) is 0 Å². The molecular formula is C19H29NO3. The van der Waals surface area contributed by atoms with Crippen LogP contribution in [0.2, 0.25) is 0 Å². The quantitative estimate of drug-likeness (QED) is 0.782. The first-order chi connectivity index (χ1) is 11.2. The Morgan fingerprint density at radius 3 is 2.35 bits per heavy atom. The Labute approximate surface area is 139 Å². The molecule has 0 aliphatic heterocycles. The topological polar surface area (TPSA) is 47.6 Å². The van der Waals surface area contributed by atoms with E-state index >= 15 is 0 Å². The van der Waals surface area contributed by atoms with E-state index in [0.29, 0.717) is 5.92 Å². The van der Waals surface area contributed by atoms with Crippen molar-refractivity contribution in [2.75, 3.05) is 14.2 Å². The summed E-state index contributed by atoms with van der Waals surface area (Å²) in [5.41, 5.74) is 1.11. The largest absolute Gasteiger partial charge is 0.468 e. The van der Waals surface area contributed by atoms with Crippen molar-refractivity contribution in [2.24, 2.45) is 5.92 Å². The monoisotopic (exact) mass is 319 g/mol. The Morgan fingerprint density at radius 1 is 1.13 bits per heavy atom. The Morgan fingerprint density at radius 2 is 1.78 bits per heavy atom. The van der Waals surface area contributed by atoms with Crippen LogP contribution >= 0.6 is 0 Å². The molecule has 3 atom stereocenters. The van der Waals surface area contributed by atoms with Crippen molar-refractivity contribution in [2.45, 2.75) is 57.2 Å². The molecule has 1 aromatic carbocycles. The van der Waals surface area contributed by atoms with Crippen molar-refractivity contribution in [1.82, 2.24) is 5.32 Å². The third-order valence-electron chi connectivity index (χ3n) is 4.85. The fourth-order valence-corrected chi connectivity index (χ4v) is 3.63. The summed E-state index contributed by atoms with van der Waals surface area (Å²) in [5.74, 6) is 0.193. The molecule has 0 aromatic heterocycles. The minimum atomic E-state index is -0.253. The number of ether oxygens (including phenoxy) is 2. The first kappa shape index (κ1) is 18.0. The highest BCUT2D eigenvalue weighted by atomic mass is 16.5. The molecule has 0 spiro atoms. The molecule has 1 aromatic rings. The molecule has 2 rings (SSSR count). The number of benzene rings is 1. The molecule has 4 heteroatoms. The fourth-order valence-electron chi connectivity index (χ4n) is 3.63. The smallest absolute Gasteiger partial charge is 0.323 e. The van der Waals surface area contributed by atoms with Gasteiger partial charge in [0, 0.05) is 13.2 Å². The predicted molar refractivity (Wildman–Crippen MR) is 91.2 cm³/mol. The van der Waals surface area contributed by atoms with Crippen molar-refractivity contribution in [1.29, 1.82) is 0 Å². The molecular weight excluding hydrogens is 290 g/mol. The second-order valence-corrected chi connectivity index (χ2v) is 6.42. The normalized spacial score (nSPS) is 19.8. The Bertz CT molecular complexity index is 471. The lowest BCUT2D eigenvalue weighted by atomic mass is 9.83. The standard InChI is InChI=1S/C19H29NO3/c1-14(18(22-2)16-12-8-5-9-13-16)20-17(19(21)23-3)15-10-6-4-7-11-15/h5,8-9,12-15,17-18,20H,4,6-7,10-11H2,1-3H3/t14-,17-,18-/m1/s1. The number of carbonyl (C=O) groups excluding carboxylic acids is 1. The maximum absolute atomic E-state index is 12.3. The van der Waals surface area contributed by atoms with E-state index in [1.165, 1.54) is 26.4 Å². The number of nitrogens with one attached hydrogen (secondary N) is 1. The second kappa shape index (κ2) is 9.04. The molecule has 0 bridgehead atoms. The summed E-state index contributed by atoms with van der Waals surface area (Å²) >= 11 is 0. The zero-order valence-electron chi connectivity index (χ0n) is 14.5. The molecule has 4 nitrogen and oxygen atoms in total. The van der Waals surface area contributed by atoms with E-state index in [-0.39, 0.29) is 24.2 Å². The molecule has 1 fully saturated rings. The Hall–Kier alpha value is -1.39. The van der Waals surface area contributed by atoms with E-state index in [1.807, 2.05) is 18.2 Å². The van der Waals surface area contributed by atoms with E-state index in [0.717, 1.165) is 18.4 Å². The predicted octanol–water partition coefficient (Wildman–Crippen LogP) is 3.47. The summed E-state index contributed by atoms with van der Waals surface area (Å²) in [7, 11) is 3.18. The molecule has 1 saturated carbocycles. The summed E-state index contributed by atoms with van der Waals surface area (Å²) in [4.78, 5) is 12.3. The van der Waals surface area contributed by atoms with Crippen LogP contribution < -0.4 is 5.32 Å². The second-order valence-electron chi connectivity index (χ2n) is 6.42. The van der Waals surface area contributed by atoms with Crippen LogP contribution in [0.4, 0.5) is 0 Å². The van der Waals surface area contributed by atoms with Crippen molar-refractivity contribution >= 4 is 5.97 Å². The summed E-state index contributed by atoms with van der Waals surface area (Å²) in [6.07, 6.45) is 5.74. The molecule has 0 saturated heterocycles. The zero-order chi connectivity index (χ0) is 16.7. The van der Waals surface area contributed by atoms with Crippen LogP contribution in [0.15, 0.2) is 30.3 Å². The fraction of sp³-hybridized carbons (Fsp3) is 0.632. The molecule has 0 radical (unpaired) electrons.